The Morgan fingerprint density at radius 1 is 0.591 bits per heavy atom. The molecule has 1 heterocycles. The Kier molecular flexibility index (Phi) is 14.0. The van der Waals surface area contributed by atoms with Crippen LogP contribution >= 0.6 is 0 Å². The van der Waals surface area contributed by atoms with E-state index in [4.69, 9.17) is 23.5 Å². The van der Waals surface area contributed by atoms with Crippen LogP contribution in [0.3, 0.4) is 0 Å². The molecule has 6 nitrogen and oxygen atoms in total. The van der Waals surface area contributed by atoms with Crippen LogP contribution in [-0.2, 0) is 5.41 Å². The molecule has 6 heteroatoms. The number of ether oxygens (including phenoxy) is 4. The van der Waals surface area contributed by atoms with Crippen molar-refractivity contribution in [1.82, 2.24) is 5.16 Å². The number of rotatable bonds is 7. The molecule has 0 aliphatic rings. The fraction of sp³-hybridized carbons (Fsp3) is 0.289. The van der Waals surface area contributed by atoms with Gasteiger partial charge >= 0.3 is 0 Å². The van der Waals surface area contributed by atoms with E-state index in [1.807, 2.05) is 117 Å². The molecule has 0 unspecified atom stereocenters. The van der Waals surface area contributed by atoms with Gasteiger partial charge in [0, 0.05) is 11.5 Å². The molecule has 1 aromatic heterocycles. The van der Waals surface area contributed by atoms with E-state index < -0.39 is 0 Å². The van der Waals surface area contributed by atoms with Gasteiger partial charge in [0.1, 0.15) is 40.3 Å². The Balaban J connectivity index is 0.000000235. The summed E-state index contributed by atoms with van der Waals surface area (Å²) in [5, 5.41) is 3.81. The van der Waals surface area contributed by atoms with Crippen molar-refractivity contribution in [2.75, 3.05) is 13.7 Å². The van der Waals surface area contributed by atoms with Crippen LogP contribution in [0.4, 0.5) is 0 Å². The predicted octanol–water partition coefficient (Wildman–Crippen LogP) is 10.9. The number of nitrogens with zero attached hydrogens (tertiary/aromatic N) is 1. The third-order valence-electron chi connectivity index (χ3n) is 6.07. The molecule has 4 aromatic carbocycles. The Hall–Kier alpha value is -4.71. The van der Waals surface area contributed by atoms with Crippen LogP contribution in [0.2, 0.25) is 0 Å². The van der Waals surface area contributed by atoms with Gasteiger partial charge in [-0.1, -0.05) is 68.7 Å². The maximum absolute atomic E-state index is 5.71. The van der Waals surface area contributed by atoms with Crippen LogP contribution in [0, 0.1) is 20.8 Å². The van der Waals surface area contributed by atoms with Gasteiger partial charge in [-0.2, -0.15) is 0 Å². The van der Waals surface area contributed by atoms with Crippen molar-refractivity contribution >= 4 is 0 Å². The largest absolute Gasteiger partial charge is 0.497 e. The molecular weight excluding hydrogens is 550 g/mol. The minimum atomic E-state index is 0. The lowest BCUT2D eigenvalue weighted by atomic mass is 9.93. The van der Waals surface area contributed by atoms with Crippen LogP contribution in [0.15, 0.2) is 108 Å². The van der Waals surface area contributed by atoms with E-state index in [-0.39, 0.29) is 12.8 Å². The molecule has 0 saturated heterocycles. The topological polar surface area (TPSA) is 63.0 Å². The lowest BCUT2D eigenvalue weighted by Crippen LogP contribution is -2.09. The molecule has 0 amide bonds. The van der Waals surface area contributed by atoms with E-state index in [9.17, 15) is 0 Å². The van der Waals surface area contributed by atoms with Crippen molar-refractivity contribution in [2.24, 2.45) is 0 Å². The van der Waals surface area contributed by atoms with Gasteiger partial charge < -0.3 is 23.5 Å². The van der Waals surface area contributed by atoms with Gasteiger partial charge in [-0.05, 0) is 100 Å². The third-order valence-corrected chi connectivity index (χ3v) is 6.07. The Labute approximate surface area is 263 Å². The van der Waals surface area contributed by atoms with Crippen molar-refractivity contribution in [3.05, 3.63) is 126 Å². The zero-order valence-corrected chi connectivity index (χ0v) is 26.5. The molecule has 0 spiro atoms. The van der Waals surface area contributed by atoms with Crippen molar-refractivity contribution in [2.45, 2.75) is 61.3 Å². The standard InChI is InChI=1S/C15H16O2.C14H14O2.C8H13NO.CH4/c1-3-16-13-8-10-15(11-9-13)17-14-6-4-12(2)5-7-14;1-11-3-5-13(6-4-11)16-14-9-7-12(15-2)8-10-14;1-6-5-7(10-9-6)8(2,3)4;/h4-11H,3H2,1-2H3;3-10H,1-2H3;5H,1-4H3;1H4. The van der Waals surface area contributed by atoms with E-state index in [0.29, 0.717) is 6.61 Å². The third kappa shape index (κ3) is 12.3. The molecule has 0 saturated carbocycles. The maximum atomic E-state index is 5.71. The van der Waals surface area contributed by atoms with Gasteiger partial charge in [0.25, 0.3) is 0 Å². The fourth-order valence-electron chi connectivity index (χ4n) is 3.62. The Morgan fingerprint density at radius 3 is 1.25 bits per heavy atom. The summed E-state index contributed by atoms with van der Waals surface area (Å²) in [6.45, 7) is 15.0. The van der Waals surface area contributed by atoms with Gasteiger partial charge in [0.2, 0.25) is 0 Å². The SMILES string of the molecule is C.CCOc1ccc(Oc2ccc(C)cc2)cc1.COc1ccc(Oc2ccc(C)cc2)cc1.Cc1cc(C(C)(C)C)on1. The van der Waals surface area contributed by atoms with E-state index >= 15 is 0 Å². The van der Waals surface area contributed by atoms with Crippen molar-refractivity contribution in [3.8, 4) is 34.5 Å². The van der Waals surface area contributed by atoms with E-state index in [1.165, 1.54) is 11.1 Å². The highest BCUT2D eigenvalue weighted by molar-refractivity contribution is 5.37. The molecule has 0 aliphatic heterocycles. The molecule has 0 fully saturated rings. The summed E-state index contributed by atoms with van der Waals surface area (Å²) in [7, 11) is 1.65. The minimum Gasteiger partial charge on any atom is -0.497 e. The fourth-order valence-corrected chi connectivity index (χ4v) is 3.62. The van der Waals surface area contributed by atoms with Crippen molar-refractivity contribution in [3.63, 3.8) is 0 Å². The summed E-state index contributed by atoms with van der Waals surface area (Å²) >= 11 is 0. The second kappa shape index (κ2) is 17.4. The van der Waals surface area contributed by atoms with Crippen molar-refractivity contribution in [1.29, 1.82) is 0 Å². The average Bonchev–Trinajstić information content (AvgIpc) is 3.45. The van der Waals surface area contributed by atoms with E-state index in [0.717, 1.165) is 46.0 Å². The zero-order valence-electron chi connectivity index (χ0n) is 26.5. The van der Waals surface area contributed by atoms with Crippen LogP contribution in [0.5, 0.6) is 34.5 Å². The van der Waals surface area contributed by atoms with E-state index in [2.05, 4.69) is 39.8 Å². The number of aromatic nitrogens is 1. The average molecular weight is 598 g/mol. The number of benzene rings is 4. The maximum Gasteiger partial charge on any atom is 0.142 e. The second-order valence-electron chi connectivity index (χ2n) is 11.0. The minimum absolute atomic E-state index is 0. The van der Waals surface area contributed by atoms with Gasteiger partial charge in [-0.15, -0.1) is 0 Å². The molecule has 0 radical (unpaired) electrons. The molecule has 0 bridgehead atoms. The highest BCUT2D eigenvalue weighted by Gasteiger charge is 2.18. The Morgan fingerprint density at radius 2 is 0.955 bits per heavy atom. The summed E-state index contributed by atoms with van der Waals surface area (Å²) in [6.07, 6.45) is 0. The van der Waals surface area contributed by atoms with Gasteiger partial charge in [-0.25, -0.2) is 0 Å². The first kappa shape index (κ1) is 35.5. The molecule has 234 valence electrons. The second-order valence-corrected chi connectivity index (χ2v) is 11.0. The molecule has 0 aliphatic carbocycles. The highest BCUT2D eigenvalue weighted by atomic mass is 16.5. The first-order valence-electron chi connectivity index (χ1n) is 14.4. The van der Waals surface area contributed by atoms with E-state index in [1.54, 1.807) is 7.11 Å². The van der Waals surface area contributed by atoms with Crippen LogP contribution in [0.1, 0.15) is 57.7 Å². The molecule has 44 heavy (non-hydrogen) atoms. The lowest BCUT2D eigenvalue weighted by molar-refractivity contribution is 0.327. The van der Waals surface area contributed by atoms with Gasteiger partial charge in [0.15, 0.2) is 0 Å². The molecule has 0 N–H and O–H groups in total. The van der Waals surface area contributed by atoms with Gasteiger partial charge in [0.05, 0.1) is 19.4 Å². The summed E-state index contributed by atoms with van der Waals surface area (Å²) < 4.78 is 26.9. The Bertz CT molecular complexity index is 1480. The summed E-state index contributed by atoms with van der Waals surface area (Å²) in [4.78, 5) is 0. The zero-order chi connectivity index (χ0) is 31.2. The van der Waals surface area contributed by atoms with Crippen LogP contribution in [-0.4, -0.2) is 18.9 Å². The van der Waals surface area contributed by atoms with Crippen LogP contribution < -0.4 is 18.9 Å². The first-order valence-corrected chi connectivity index (χ1v) is 14.4. The highest BCUT2D eigenvalue weighted by Crippen LogP contribution is 2.25. The summed E-state index contributed by atoms with van der Waals surface area (Å²) in [5.74, 6) is 5.96. The summed E-state index contributed by atoms with van der Waals surface area (Å²) in [5.41, 5.74) is 3.48. The monoisotopic (exact) mass is 597 g/mol. The molecule has 5 aromatic rings. The predicted molar refractivity (Wildman–Crippen MR) is 180 cm³/mol. The quantitative estimate of drug-likeness (QED) is 0.186. The summed E-state index contributed by atoms with van der Waals surface area (Å²) in [6, 6.07) is 33.1. The number of aryl methyl sites for hydroxylation is 3. The first-order chi connectivity index (χ1) is 20.5. The number of hydrogen-bond donors (Lipinski definition) is 0. The molecule has 5 rings (SSSR count). The van der Waals surface area contributed by atoms with Crippen LogP contribution in [0.25, 0.3) is 0 Å². The van der Waals surface area contributed by atoms with Crippen molar-refractivity contribution < 1.29 is 23.5 Å². The van der Waals surface area contributed by atoms with Gasteiger partial charge in [-0.3, -0.25) is 0 Å². The number of methoxy groups -OCH3 is 1. The normalized spacial score (nSPS) is 10.2. The smallest absolute Gasteiger partial charge is 0.142 e. The molecular formula is C38H47NO5. The lowest BCUT2D eigenvalue weighted by Gasteiger charge is -2.11. The molecule has 0 atom stereocenters. The number of hydrogen-bond acceptors (Lipinski definition) is 6.